The van der Waals surface area contributed by atoms with Crippen LogP contribution in [0.15, 0.2) is 176 Å². The van der Waals surface area contributed by atoms with Crippen molar-refractivity contribution in [1.29, 1.82) is 0 Å². The second-order valence-electron chi connectivity index (χ2n) is 13.0. The first-order valence-electron chi connectivity index (χ1n) is 17.3. The molecule has 242 valence electrons. The summed E-state index contributed by atoms with van der Waals surface area (Å²) in [5.41, 5.74) is 8.20. The van der Waals surface area contributed by atoms with Gasteiger partial charge in [-0.1, -0.05) is 121 Å². The van der Waals surface area contributed by atoms with Gasteiger partial charge in [0.25, 0.3) is 0 Å². The third-order valence-corrected chi connectivity index (χ3v) is 9.63. The molecule has 0 aliphatic rings. The minimum Gasteiger partial charge on any atom is -0.248 e. The number of benzene rings is 7. The zero-order valence-electron chi connectivity index (χ0n) is 28.0. The summed E-state index contributed by atoms with van der Waals surface area (Å²) in [6, 6.07) is 60.6. The van der Waals surface area contributed by atoms with Crippen LogP contribution in [0.25, 0.3) is 100 Å². The molecule has 10 rings (SSSR count). The Kier molecular flexibility index (Phi) is 7.07. The number of nitrogens with zero attached hydrogens (tertiary/aromatic N) is 5. The predicted octanol–water partition coefficient (Wildman–Crippen LogP) is 11.6. The zero-order chi connectivity index (χ0) is 34.4. The van der Waals surface area contributed by atoms with Crippen LogP contribution in [-0.2, 0) is 0 Å². The van der Waals surface area contributed by atoms with Crippen LogP contribution in [0.3, 0.4) is 0 Å². The predicted molar refractivity (Wildman–Crippen MR) is 213 cm³/mol. The van der Waals surface area contributed by atoms with E-state index in [4.69, 9.17) is 24.9 Å². The molecule has 7 aromatic carbocycles. The summed E-state index contributed by atoms with van der Waals surface area (Å²) in [6.45, 7) is 0. The van der Waals surface area contributed by atoms with Crippen molar-refractivity contribution in [2.45, 2.75) is 0 Å². The van der Waals surface area contributed by atoms with Crippen LogP contribution in [0, 0.1) is 0 Å². The van der Waals surface area contributed by atoms with Crippen LogP contribution < -0.4 is 0 Å². The fourth-order valence-electron chi connectivity index (χ4n) is 6.93. The average Bonchev–Trinajstić information content (AvgIpc) is 3.22. The Morgan fingerprint density at radius 1 is 0.231 bits per heavy atom. The van der Waals surface area contributed by atoms with Crippen LogP contribution in [0.2, 0.25) is 0 Å². The zero-order valence-corrected chi connectivity index (χ0v) is 28.0. The van der Waals surface area contributed by atoms with Crippen LogP contribution in [0.4, 0.5) is 0 Å². The lowest BCUT2D eigenvalue weighted by Crippen LogP contribution is -2.01. The molecular formula is C47H29N5. The fourth-order valence-corrected chi connectivity index (χ4v) is 6.93. The van der Waals surface area contributed by atoms with E-state index >= 15 is 0 Å². The van der Waals surface area contributed by atoms with E-state index in [2.05, 4.69) is 140 Å². The van der Waals surface area contributed by atoms with Gasteiger partial charge in [0.2, 0.25) is 0 Å². The molecule has 0 aliphatic heterocycles. The first-order chi connectivity index (χ1) is 25.7. The number of aromatic nitrogens is 5. The standard InChI is InChI=1S/C47H29N5/c1-3-13-34-25-36(19-17-30(34)9-1)45-50-46(37-20-18-31-10-2-4-14-35(31)26-37)52-47(51-45)40-28-38(43-23-21-32-11-5-7-15-41(32)48-43)27-39(29-40)44-24-22-33-12-6-8-16-42(33)49-44/h1-29H. The molecule has 5 heteroatoms. The number of para-hydroxylation sites is 2. The lowest BCUT2D eigenvalue weighted by molar-refractivity contribution is 1.07. The number of fused-ring (bicyclic) bond motifs is 4. The van der Waals surface area contributed by atoms with Crippen molar-refractivity contribution < 1.29 is 0 Å². The average molecular weight is 664 g/mol. The van der Waals surface area contributed by atoms with Crippen molar-refractivity contribution in [3.8, 4) is 56.7 Å². The molecule has 0 unspecified atom stereocenters. The molecule has 52 heavy (non-hydrogen) atoms. The van der Waals surface area contributed by atoms with Crippen LogP contribution in [-0.4, -0.2) is 24.9 Å². The second kappa shape index (κ2) is 12.3. The number of hydrogen-bond donors (Lipinski definition) is 0. The maximum atomic E-state index is 5.17. The fraction of sp³-hybridized carbons (Fsp3) is 0. The monoisotopic (exact) mass is 663 g/mol. The van der Waals surface area contributed by atoms with Crippen molar-refractivity contribution in [3.05, 3.63) is 176 Å². The summed E-state index contributed by atoms with van der Waals surface area (Å²) in [4.78, 5) is 25.6. The molecule has 0 bridgehead atoms. The normalized spacial score (nSPS) is 11.5. The van der Waals surface area contributed by atoms with Crippen molar-refractivity contribution in [1.82, 2.24) is 24.9 Å². The molecule has 10 aromatic rings. The smallest absolute Gasteiger partial charge is 0.164 e. The molecule has 3 heterocycles. The Morgan fingerprint density at radius 3 is 1.08 bits per heavy atom. The molecule has 5 nitrogen and oxygen atoms in total. The highest BCUT2D eigenvalue weighted by Crippen LogP contribution is 2.34. The van der Waals surface area contributed by atoms with Gasteiger partial charge in [-0.3, -0.25) is 0 Å². The van der Waals surface area contributed by atoms with Gasteiger partial charge in [0.1, 0.15) is 0 Å². The van der Waals surface area contributed by atoms with Gasteiger partial charge in [-0.05, 0) is 76.1 Å². The molecule has 3 aromatic heterocycles. The van der Waals surface area contributed by atoms with E-state index < -0.39 is 0 Å². The molecule has 0 aliphatic carbocycles. The minimum absolute atomic E-state index is 0.575. The molecule has 0 radical (unpaired) electrons. The third kappa shape index (κ3) is 5.51. The Bertz CT molecular complexity index is 2590. The van der Waals surface area contributed by atoms with Crippen LogP contribution in [0.5, 0.6) is 0 Å². The van der Waals surface area contributed by atoms with Gasteiger partial charge in [-0.2, -0.15) is 0 Å². The Hall–Kier alpha value is -7.11. The van der Waals surface area contributed by atoms with E-state index in [1.807, 2.05) is 36.4 Å². The molecule has 0 amide bonds. The highest BCUT2D eigenvalue weighted by atomic mass is 15.0. The molecule has 0 saturated heterocycles. The topological polar surface area (TPSA) is 64.5 Å². The molecule has 0 saturated carbocycles. The van der Waals surface area contributed by atoms with Crippen LogP contribution in [0.1, 0.15) is 0 Å². The van der Waals surface area contributed by atoms with Gasteiger partial charge < -0.3 is 0 Å². The van der Waals surface area contributed by atoms with E-state index in [-0.39, 0.29) is 0 Å². The number of hydrogen-bond acceptors (Lipinski definition) is 5. The lowest BCUT2D eigenvalue weighted by Gasteiger charge is -2.13. The quantitative estimate of drug-likeness (QED) is 0.183. The van der Waals surface area contributed by atoms with Gasteiger partial charge in [-0.15, -0.1) is 0 Å². The van der Waals surface area contributed by atoms with Gasteiger partial charge in [0, 0.05) is 38.6 Å². The molecule has 0 spiro atoms. The van der Waals surface area contributed by atoms with E-state index in [0.717, 1.165) is 71.8 Å². The summed E-state index contributed by atoms with van der Waals surface area (Å²) in [6.07, 6.45) is 0. The van der Waals surface area contributed by atoms with E-state index in [0.29, 0.717) is 17.5 Å². The SMILES string of the molecule is c1ccc2cc(-c3nc(-c4cc(-c5ccc6ccccc6n5)cc(-c5ccc6ccccc6n5)c4)nc(-c4ccc5ccccc5c4)n3)ccc2c1. The molecule has 0 atom stereocenters. The Morgan fingerprint density at radius 2 is 0.596 bits per heavy atom. The van der Waals surface area contributed by atoms with Gasteiger partial charge >= 0.3 is 0 Å². The van der Waals surface area contributed by atoms with E-state index in [1.54, 1.807) is 0 Å². The summed E-state index contributed by atoms with van der Waals surface area (Å²) in [7, 11) is 0. The highest BCUT2D eigenvalue weighted by Gasteiger charge is 2.17. The first kappa shape index (κ1) is 29.8. The summed E-state index contributed by atoms with van der Waals surface area (Å²) in [5, 5.41) is 6.77. The first-order valence-corrected chi connectivity index (χ1v) is 17.3. The van der Waals surface area contributed by atoms with Gasteiger partial charge in [0.05, 0.1) is 22.4 Å². The summed E-state index contributed by atoms with van der Waals surface area (Å²) < 4.78 is 0. The summed E-state index contributed by atoms with van der Waals surface area (Å²) in [5.74, 6) is 1.79. The molecule has 0 fully saturated rings. The van der Waals surface area contributed by atoms with Gasteiger partial charge in [0.15, 0.2) is 17.5 Å². The number of rotatable bonds is 5. The van der Waals surface area contributed by atoms with Crippen molar-refractivity contribution >= 4 is 43.4 Å². The maximum Gasteiger partial charge on any atom is 0.164 e. The molecular weight excluding hydrogens is 635 g/mol. The van der Waals surface area contributed by atoms with Crippen molar-refractivity contribution in [3.63, 3.8) is 0 Å². The lowest BCUT2D eigenvalue weighted by atomic mass is 9.99. The van der Waals surface area contributed by atoms with Crippen LogP contribution >= 0.6 is 0 Å². The van der Waals surface area contributed by atoms with E-state index in [1.165, 1.54) is 10.8 Å². The Balaban J connectivity index is 1.21. The molecule has 0 N–H and O–H groups in total. The van der Waals surface area contributed by atoms with Gasteiger partial charge in [-0.25, -0.2) is 24.9 Å². The van der Waals surface area contributed by atoms with E-state index in [9.17, 15) is 0 Å². The Labute approximate surface area is 300 Å². The van der Waals surface area contributed by atoms with Crippen molar-refractivity contribution in [2.24, 2.45) is 0 Å². The highest BCUT2D eigenvalue weighted by molar-refractivity contribution is 5.89. The number of pyridine rings is 2. The second-order valence-corrected chi connectivity index (χ2v) is 13.0. The maximum absolute atomic E-state index is 5.17. The minimum atomic E-state index is 0.575. The van der Waals surface area contributed by atoms with Crippen molar-refractivity contribution in [2.75, 3.05) is 0 Å². The summed E-state index contributed by atoms with van der Waals surface area (Å²) >= 11 is 0. The largest absolute Gasteiger partial charge is 0.248 e. The third-order valence-electron chi connectivity index (χ3n) is 9.63.